The number of benzene rings is 2. The van der Waals surface area contributed by atoms with Crippen LogP contribution in [0.4, 0.5) is 5.69 Å². The lowest BCUT2D eigenvalue weighted by molar-refractivity contribution is 0.0952. The van der Waals surface area contributed by atoms with Crippen molar-refractivity contribution in [2.75, 3.05) is 18.6 Å². The van der Waals surface area contributed by atoms with E-state index in [-0.39, 0.29) is 11.4 Å². The van der Waals surface area contributed by atoms with E-state index in [2.05, 4.69) is 68.3 Å². The third kappa shape index (κ3) is 4.66. The van der Waals surface area contributed by atoms with Gasteiger partial charge < -0.3 is 9.64 Å². The van der Waals surface area contributed by atoms with Crippen LogP contribution in [-0.2, 0) is 0 Å². The maximum Gasteiger partial charge on any atom is 0.275 e. The Labute approximate surface area is 185 Å². The molecule has 2 aromatic carbocycles. The number of nitrogens with zero attached hydrogens (tertiary/aromatic N) is 2. The molecule has 0 radical (unpaired) electrons. The standard InChI is InChI=1S/C26H33N3O2/c1-8-11-29-23-13-18(3)20(14-22(23)19(4)15-26(29,5)6)16-27-28-25(30)21-10-9-17(2)12-24(21)31-7/h9-10,12-16H,8,11H2,1-7H3,(H,28,30)/b27-16-. The third-order valence-electron chi connectivity index (χ3n) is 5.78. The van der Waals surface area contributed by atoms with Crippen molar-refractivity contribution in [1.82, 2.24) is 5.43 Å². The van der Waals surface area contributed by atoms with Gasteiger partial charge in [0.05, 0.1) is 24.4 Å². The van der Waals surface area contributed by atoms with Gasteiger partial charge in [0.25, 0.3) is 5.91 Å². The smallest absolute Gasteiger partial charge is 0.275 e. The van der Waals surface area contributed by atoms with Crippen molar-refractivity contribution in [1.29, 1.82) is 0 Å². The molecule has 31 heavy (non-hydrogen) atoms. The number of hydrazone groups is 1. The highest BCUT2D eigenvalue weighted by atomic mass is 16.5. The Kier molecular flexibility index (Phi) is 6.54. The Bertz CT molecular complexity index is 1050. The summed E-state index contributed by atoms with van der Waals surface area (Å²) in [5, 5.41) is 4.22. The molecule has 1 aliphatic rings. The predicted octanol–water partition coefficient (Wildman–Crippen LogP) is 5.49. The van der Waals surface area contributed by atoms with Crippen LogP contribution in [0.3, 0.4) is 0 Å². The Morgan fingerprint density at radius 2 is 1.94 bits per heavy atom. The molecule has 2 aromatic rings. The number of fused-ring (bicyclic) bond motifs is 1. The Morgan fingerprint density at radius 3 is 2.61 bits per heavy atom. The van der Waals surface area contributed by atoms with Crippen LogP contribution >= 0.6 is 0 Å². The Hall–Kier alpha value is -3.08. The summed E-state index contributed by atoms with van der Waals surface area (Å²) in [5.74, 6) is 0.243. The number of carbonyl (C=O) groups excluding carboxylic acids is 1. The molecular weight excluding hydrogens is 386 g/mol. The molecule has 1 amide bonds. The molecule has 0 bridgehead atoms. The van der Waals surface area contributed by atoms with Crippen LogP contribution in [0.25, 0.3) is 5.57 Å². The molecule has 0 saturated carbocycles. The molecule has 164 valence electrons. The van der Waals surface area contributed by atoms with E-state index < -0.39 is 0 Å². The first-order valence-electron chi connectivity index (χ1n) is 10.8. The number of nitrogens with one attached hydrogen (secondary N) is 1. The molecule has 0 saturated heterocycles. The molecule has 3 rings (SSSR count). The average molecular weight is 420 g/mol. The summed E-state index contributed by atoms with van der Waals surface area (Å²) in [6.07, 6.45) is 5.13. The van der Waals surface area contributed by atoms with E-state index in [1.54, 1.807) is 19.4 Å². The minimum atomic E-state index is -0.296. The second-order valence-electron chi connectivity index (χ2n) is 8.76. The number of rotatable bonds is 6. The molecule has 1 N–H and O–H groups in total. The highest BCUT2D eigenvalue weighted by molar-refractivity contribution is 5.98. The van der Waals surface area contributed by atoms with Gasteiger partial charge in [-0.05, 0) is 87.6 Å². The molecule has 0 atom stereocenters. The topological polar surface area (TPSA) is 53.9 Å². The minimum Gasteiger partial charge on any atom is -0.496 e. The zero-order valence-corrected chi connectivity index (χ0v) is 19.7. The Balaban J connectivity index is 1.86. The summed E-state index contributed by atoms with van der Waals surface area (Å²) in [5.41, 5.74) is 9.94. The van der Waals surface area contributed by atoms with Gasteiger partial charge in [-0.1, -0.05) is 19.1 Å². The van der Waals surface area contributed by atoms with Crippen molar-refractivity contribution in [2.24, 2.45) is 5.10 Å². The van der Waals surface area contributed by atoms with Crippen molar-refractivity contribution >= 4 is 23.4 Å². The maximum atomic E-state index is 12.6. The fraction of sp³-hybridized carbons (Fsp3) is 0.385. The summed E-state index contributed by atoms with van der Waals surface area (Å²) < 4.78 is 5.33. The number of hydrogen-bond acceptors (Lipinski definition) is 4. The number of hydrogen-bond donors (Lipinski definition) is 1. The first-order chi connectivity index (χ1) is 14.7. The average Bonchev–Trinajstić information content (AvgIpc) is 2.71. The summed E-state index contributed by atoms with van der Waals surface area (Å²) in [4.78, 5) is 15.0. The molecular formula is C26H33N3O2. The van der Waals surface area contributed by atoms with Gasteiger partial charge in [-0.2, -0.15) is 5.10 Å². The van der Waals surface area contributed by atoms with E-state index in [0.29, 0.717) is 11.3 Å². The van der Waals surface area contributed by atoms with Crippen molar-refractivity contribution in [3.8, 4) is 5.75 Å². The van der Waals surface area contributed by atoms with Crippen molar-refractivity contribution in [3.63, 3.8) is 0 Å². The normalized spacial score (nSPS) is 14.9. The van der Waals surface area contributed by atoms with Crippen LogP contribution in [0.2, 0.25) is 0 Å². The van der Waals surface area contributed by atoms with Crippen LogP contribution in [0.1, 0.15) is 66.7 Å². The quantitative estimate of drug-likeness (QED) is 0.498. The fourth-order valence-corrected chi connectivity index (χ4v) is 4.22. The van der Waals surface area contributed by atoms with Gasteiger partial charge in [-0.25, -0.2) is 5.43 Å². The monoisotopic (exact) mass is 419 g/mol. The van der Waals surface area contributed by atoms with E-state index in [9.17, 15) is 4.79 Å². The fourth-order valence-electron chi connectivity index (χ4n) is 4.22. The lowest BCUT2D eigenvalue weighted by atomic mass is 9.87. The molecule has 0 fully saturated rings. The van der Waals surface area contributed by atoms with Gasteiger partial charge in [0, 0.05) is 17.8 Å². The van der Waals surface area contributed by atoms with Crippen molar-refractivity contribution in [3.05, 3.63) is 64.2 Å². The highest BCUT2D eigenvalue weighted by Crippen LogP contribution is 2.40. The van der Waals surface area contributed by atoms with Crippen molar-refractivity contribution in [2.45, 2.75) is 53.5 Å². The van der Waals surface area contributed by atoms with Gasteiger partial charge >= 0.3 is 0 Å². The molecule has 1 heterocycles. The lowest BCUT2D eigenvalue weighted by Gasteiger charge is -2.43. The number of aryl methyl sites for hydroxylation is 2. The van der Waals surface area contributed by atoms with Crippen LogP contribution in [0, 0.1) is 13.8 Å². The second-order valence-corrected chi connectivity index (χ2v) is 8.76. The summed E-state index contributed by atoms with van der Waals surface area (Å²) >= 11 is 0. The Morgan fingerprint density at radius 1 is 1.19 bits per heavy atom. The first kappa shape index (κ1) is 22.6. The van der Waals surface area contributed by atoms with E-state index >= 15 is 0 Å². The SMILES string of the molecule is CCCN1c2cc(C)c(/C=N\NC(=O)c3ccc(C)cc3OC)cc2C(C)=CC1(C)C. The number of ether oxygens (including phenoxy) is 1. The third-order valence-corrected chi connectivity index (χ3v) is 5.78. The molecule has 5 heteroatoms. The molecule has 1 aliphatic heterocycles. The van der Waals surface area contributed by atoms with Gasteiger partial charge in [-0.15, -0.1) is 0 Å². The number of allylic oxidation sites excluding steroid dienone is 1. The summed E-state index contributed by atoms with van der Waals surface area (Å²) in [7, 11) is 1.56. The zero-order chi connectivity index (χ0) is 22.8. The van der Waals surface area contributed by atoms with Crippen LogP contribution < -0.4 is 15.1 Å². The predicted molar refractivity (Wildman–Crippen MR) is 129 cm³/mol. The van der Waals surface area contributed by atoms with Crippen molar-refractivity contribution < 1.29 is 9.53 Å². The van der Waals surface area contributed by atoms with Crippen LogP contribution in [0.5, 0.6) is 5.75 Å². The molecule has 0 unspecified atom stereocenters. The number of amides is 1. The second kappa shape index (κ2) is 8.96. The summed E-state index contributed by atoms with van der Waals surface area (Å²) in [6.45, 7) is 13.9. The van der Waals surface area contributed by atoms with Crippen LogP contribution in [0.15, 0.2) is 41.5 Å². The van der Waals surface area contributed by atoms with Gasteiger partial charge in [0.2, 0.25) is 0 Å². The molecule has 0 spiro atoms. The highest BCUT2D eigenvalue weighted by Gasteiger charge is 2.31. The molecule has 5 nitrogen and oxygen atoms in total. The minimum absolute atomic E-state index is 0.0177. The zero-order valence-electron chi connectivity index (χ0n) is 19.7. The number of anilines is 1. The molecule has 0 aromatic heterocycles. The lowest BCUT2D eigenvalue weighted by Crippen LogP contribution is -2.45. The number of carbonyl (C=O) groups is 1. The van der Waals surface area contributed by atoms with E-state index in [4.69, 9.17) is 4.74 Å². The maximum absolute atomic E-state index is 12.6. The van der Waals surface area contributed by atoms with Gasteiger partial charge in [-0.3, -0.25) is 4.79 Å². The first-order valence-corrected chi connectivity index (χ1v) is 10.8. The van der Waals surface area contributed by atoms with E-state index in [0.717, 1.165) is 29.7 Å². The van der Waals surface area contributed by atoms with Gasteiger partial charge in [0.1, 0.15) is 5.75 Å². The number of methoxy groups -OCH3 is 1. The van der Waals surface area contributed by atoms with E-state index in [1.807, 2.05) is 19.1 Å². The summed E-state index contributed by atoms with van der Waals surface area (Å²) in [6, 6.07) is 9.87. The van der Waals surface area contributed by atoms with Crippen LogP contribution in [-0.4, -0.2) is 31.3 Å². The van der Waals surface area contributed by atoms with E-state index in [1.165, 1.54) is 16.8 Å². The molecule has 0 aliphatic carbocycles. The largest absolute Gasteiger partial charge is 0.496 e. The van der Waals surface area contributed by atoms with Gasteiger partial charge in [0.15, 0.2) is 0 Å².